The largest absolute Gasteiger partial charge is 0.496 e. The van der Waals surface area contributed by atoms with Crippen molar-refractivity contribution >= 4 is 11.7 Å². The zero-order chi connectivity index (χ0) is 29.6. The molecule has 0 unspecified atom stereocenters. The lowest BCUT2D eigenvalue weighted by Crippen LogP contribution is -2.35. The number of halogens is 6. The fraction of sp³-hybridized carbons (Fsp3) is 0.483. The van der Waals surface area contributed by atoms with Crippen LogP contribution in [-0.4, -0.2) is 35.8 Å². The summed E-state index contributed by atoms with van der Waals surface area (Å²) in [6.45, 7) is 5.61. The Hall–Kier alpha value is -3.21. The minimum absolute atomic E-state index is 0.0534. The number of amides is 1. The van der Waals surface area contributed by atoms with Crippen molar-refractivity contribution in [2.75, 3.05) is 13.7 Å². The zero-order valence-corrected chi connectivity index (χ0v) is 22.5. The van der Waals surface area contributed by atoms with Crippen molar-refractivity contribution in [1.82, 2.24) is 4.90 Å². The van der Waals surface area contributed by atoms with Gasteiger partial charge in [0.15, 0.2) is 0 Å². The molecule has 4 rings (SSSR count). The van der Waals surface area contributed by atoms with Crippen LogP contribution in [0.25, 0.3) is 5.57 Å². The quantitative estimate of drug-likeness (QED) is 0.360. The Morgan fingerprint density at radius 3 is 2.23 bits per heavy atom. The van der Waals surface area contributed by atoms with Gasteiger partial charge in [-0.3, -0.25) is 4.90 Å². The molecule has 2 atom stereocenters. The summed E-state index contributed by atoms with van der Waals surface area (Å²) in [6.07, 6.45) is -10.1. The maximum absolute atomic E-state index is 13.5. The van der Waals surface area contributed by atoms with E-state index in [1.54, 1.807) is 19.1 Å². The molecule has 1 N–H and O–H groups in total. The molecule has 2 aliphatic rings. The molecule has 218 valence electrons. The zero-order valence-electron chi connectivity index (χ0n) is 22.5. The van der Waals surface area contributed by atoms with E-state index in [1.807, 2.05) is 6.07 Å². The predicted molar refractivity (Wildman–Crippen MR) is 135 cm³/mol. The normalized spacial score (nSPS) is 21.6. The molecule has 0 radical (unpaired) electrons. The molecular weight excluding hydrogens is 540 g/mol. The molecule has 1 fully saturated rings. The SMILES string of the molecule is COc1ccc(CO)cc1C1=C(CN2C(=O)O[C@H](c3cc(C(F)(F)F)cc(C(F)(F)F)c3)[C@@H]2C)CC(C)(C)CC1. The summed E-state index contributed by atoms with van der Waals surface area (Å²) in [5.41, 5.74) is -0.169. The Kier molecular flexibility index (Phi) is 7.92. The van der Waals surface area contributed by atoms with Crippen LogP contribution >= 0.6 is 0 Å². The van der Waals surface area contributed by atoms with Crippen LogP contribution in [0.1, 0.15) is 74.0 Å². The second-order valence-electron chi connectivity index (χ2n) is 11.1. The fourth-order valence-electron chi connectivity index (χ4n) is 5.49. The van der Waals surface area contributed by atoms with Crippen LogP contribution in [0, 0.1) is 5.41 Å². The minimum Gasteiger partial charge on any atom is -0.496 e. The van der Waals surface area contributed by atoms with Crippen LogP contribution in [0.3, 0.4) is 0 Å². The number of hydrogen-bond donors (Lipinski definition) is 1. The maximum atomic E-state index is 13.5. The van der Waals surface area contributed by atoms with E-state index >= 15 is 0 Å². The number of cyclic esters (lactones) is 1. The van der Waals surface area contributed by atoms with Crippen molar-refractivity contribution in [3.05, 3.63) is 69.8 Å². The highest BCUT2D eigenvalue weighted by molar-refractivity contribution is 5.77. The number of aliphatic hydroxyl groups is 1. The lowest BCUT2D eigenvalue weighted by Gasteiger charge is -2.36. The number of methoxy groups -OCH3 is 1. The number of aliphatic hydroxyl groups excluding tert-OH is 1. The molecule has 1 aliphatic heterocycles. The summed E-state index contributed by atoms with van der Waals surface area (Å²) in [5.74, 6) is 0.586. The number of ether oxygens (including phenoxy) is 2. The van der Waals surface area contributed by atoms with Crippen molar-refractivity contribution in [2.24, 2.45) is 5.41 Å². The number of carbonyl (C=O) groups excluding carboxylic acids is 1. The van der Waals surface area contributed by atoms with Crippen molar-refractivity contribution in [2.45, 2.75) is 71.1 Å². The fourth-order valence-corrected chi connectivity index (χ4v) is 5.49. The molecule has 0 saturated carbocycles. The molecular formula is C29H31F6NO4. The summed E-state index contributed by atoms with van der Waals surface area (Å²) < 4.78 is 91.7. The van der Waals surface area contributed by atoms with E-state index in [4.69, 9.17) is 9.47 Å². The van der Waals surface area contributed by atoms with Crippen LogP contribution in [-0.2, 0) is 23.7 Å². The lowest BCUT2D eigenvalue weighted by atomic mass is 9.72. The highest BCUT2D eigenvalue weighted by Crippen LogP contribution is 2.46. The van der Waals surface area contributed by atoms with Gasteiger partial charge in [0, 0.05) is 12.1 Å². The number of alkyl halides is 6. The first-order valence-electron chi connectivity index (χ1n) is 12.8. The topological polar surface area (TPSA) is 59.0 Å². The average Bonchev–Trinajstić information content (AvgIpc) is 3.15. The molecule has 0 spiro atoms. The van der Waals surface area contributed by atoms with E-state index in [0.717, 1.165) is 23.1 Å². The van der Waals surface area contributed by atoms with Crippen LogP contribution in [0.2, 0.25) is 0 Å². The smallest absolute Gasteiger partial charge is 0.416 e. The third kappa shape index (κ3) is 6.09. The third-order valence-electron chi connectivity index (χ3n) is 7.63. The molecule has 2 aromatic rings. The Bertz CT molecular complexity index is 1280. The van der Waals surface area contributed by atoms with Gasteiger partial charge in [0.2, 0.25) is 0 Å². The van der Waals surface area contributed by atoms with Gasteiger partial charge in [-0.15, -0.1) is 0 Å². The van der Waals surface area contributed by atoms with E-state index in [-0.39, 0.29) is 30.2 Å². The van der Waals surface area contributed by atoms with Gasteiger partial charge in [-0.2, -0.15) is 26.3 Å². The first-order valence-corrected chi connectivity index (χ1v) is 12.8. The lowest BCUT2D eigenvalue weighted by molar-refractivity contribution is -0.143. The van der Waals surface area contributed by atoms with E-state index in [0.29, 0.717) is 36.3 Å². The molecule has 2 aromatic carbocycles. The summed E-state index contributed by atoms with van der Waals surface area (Å²) in [4.78, 5) is 14.4. The predicted octanol–water partition coefficient (Wildman–Crippen LogP) is 7.77. The number of carbonyl (C=O) groups is 1. The first-order chi connectivity index (χ1) is 18.5. The molecule has 5 nitrogen and oxygen atoms in total. The molecule has 1 heterocycles. The van der Waals surface area contributed by atoms with Crippen LogP contribution in [0.15, 0.2) is 42.0 Å². The van der Waals surface area contributed by atoms with Crippen molar-refractivity contribution in [1.29, 1.82) is 0 Å². The minimum atomic E-state index is -5.02. The third-order valence-corrected chi connectivity index (χ3v) is 7.63. The Balaban J connectivity index is 1.73. The molecule has 40 heavy (non-hydrogen) atoms. The second kappa shape index (κ2) is 10.6. The van der Waals surface area contributed by atoms with Gasteiger partial charge in [-0.25, -0.2) is 4.79 Å². The molecule has 11 heteroatoms. The number of allylic oxidation sites excluding steroid dienone is 1. The number of rotatable bonds is 6. The highest BCUT2D eigenvalue weighted by Gasteiger charge is 2.44. The van der Waals surface area contributed by atoms with Crippen LogP contribution < -0.4 is 4.74 Å². The van der Waals surface area contributed by atoms with E-state index in [2.05, 4.69) is 13.8 Å². The Morgan fingerprint density at radius 2 is 1.68 bits per heavy atom. The molecule has 0 bridgehead atoms. The van der Waals surface area contributed by atoms with Crippen LogP contribution in [0.4, 0.5) is 31.1 Å². The van der Waals surface area contributed by atoms with E-state index < -0.39 is 41.7 Å². The average molecular weight is 572 g/mol. The van der Waals surface area contributed by atoms with E-state index in [1.165, 1.54) is 12.0 Å². The van der Waals surface area contributed by atoms with Gasteiger partial charge in [0.1, 0.15) is 11.9 Å². The molecule has 1 saturated heterocycles. The summed E-state index contributed by atoms with van der Waals surface area (Å²) in [6, 6.07) is 5.73. The number of hydrogen-bond acceptors (Lipinski definition) is 4. The van der Waals surface area contributed by atoms with Gasteiger partial charge >= 0.3 is 18.4 Å². The summed E-state index contributed by atoms with van der Waals surface area (Å²) in [7, 11) is 1.53. The molecule has 1 aliphatic carbocycles. The highest BCUT2D eigenvalue weighted by atomic mass is 19.4. The van der Waals surface area contributed by atoms with E-state index in [9.17, 15) is 36.2 Å². The van der Waals surface area contributed by atoms with Crippen molar-refractivity contribution < 1.29 is 45.7 Å². The number of nitrogens with zero attached hydrogens (tertiary/aromatic N) is 1. The second-order valence-corrected chi connectivity index (χ2v) is 11.1. The molecule has 0 aromatic heterocycles. The standard InChI is InChI=1S/C29H31F6NO4/c1-16-25(18-10-20(28(30,31)32)12-21(11-18)29(33,34)35)40-26(38)36(16)14-19-13-27(2,3)8-7-22(19)23-9-17(15-37)5-6-24(23)39-4/h5-6,9-12,16,25,37H,7-8,13-15H2,1-4H3/t16-,25-/m0/s1. The Morgan fingerprint density at radius 1 is 1.05 bits per heavy atom. The monoisotopic (exact) mass is 571 g/mol. The van der Waals surface area contributed by atoms with Crippen LogP contribution in [0.5, 0.6) is 5.75 Å². The molecule has 1 amide bonds. The first kappa shape index (κ1) is 29.8. The van der Waals surface area contributed by atoms with Crippen molar-refractivity contribution in [3.8, 4) is 5.75 Å². The Labute approximate surface area is 228 Å². The summed E-state index contributed by atoms with van der Waals surface area (Å²) in [5, 5.41) is 9.68. The summed E-state index contributed by atoms with van der Waals surface area (Å²) >= 11 is 0. The van der Waals surface area contributed by atoms with Gasteiger partial charge in [0.05, 0.1) is 30.9 Å². The van der Waals surface area contributed by atoms with Gasteiger partial charge in [0.25, 0.3) is 0 Å². The number of benzene rings is 2. The maximum Gasteiger partial charge on any atom is 0.416 e. The van der Waals surface area contributed by atoms with Gasteiger partial charge < -0.3 is 14.6 Å². The van der Waals surface area contributed by atoms with Crippen molar-refractivity contribution in [3.63, 3.8) is 0 Å². The van der Waals surface area contributed by atoms with Gasteiger partial charge in [-0.1, -0.05) is 19.9 Å². The van der Waals surface area contributed by atoms with Gasteiger partial charge in [-0.05, 0) is 84.2 Å².